The summed E-state index contributed by atoms with van der Waals surface area (Å²) in [4.78, 5) is 6.85. The summed E-state index contributed by atoms with van der Waals surface area (Å²) in [6.45, 7) is 8.83. The Kier molecular flexibility index (Phi) is 4.29. The van der Waals surface area contributed by atoms with Gasteiger partial charge in [-0.3, -0.25) is 10.2 Å². The Morgan fingerprint density at radius 1 is 1.56 bits per heavy atom. The third-order valence-electron chi connectivity index (χ3n) is 2.81. The molecule has 1 aliphatic heterocycles. The highest BCUT2D eigenvalue weighted by Gasteiger charge is 2.16. The summed E-state index contributed by atoms with van der Waals surface area (Å²) >= 11 is 1.72. The van der Waals surface area contributed by atoms with E-state index < -0.39 is 0 Å². The Balaban J connectivity index is 1.76. The lowest BCUT2D eigenvalue weighted by Gasteiger charge is -2.32. The van der Waals surface area contributed by atoms with E-state index in [4.69, 9.17) is 4.74 Å². The Hall–Kier alpha value is -0.490. The van der Waals surface area contributed by atoms with Gasteiger partial charge in [-0.25, -0.2) is 4.98 Å². The Morgan fingerprint density at radius 3 is 2.94 bits per heavy atom. The molecule has 1 saturated heterocycles. The van der Waals surface area contributed by atoms with Crippen molar-refractivity contribution in [3.05, 3.63) is 16.1 Å². The molecule has 4 nitrogen and oxygen atoms in total. The topological polar surface area (TPSA) is 37.4 Å². The van der Waals surface area contributed by atoms with Crippen LogP contribution in [0.3, 0.4) is 0 Å². The van der Waals surface area contributed by atoms with Gasteiger partial charge in [0.15, 0.2) is 0 Å². The van der Waals surface area contributed by atoms with Crippen molar-refractivity contribution in [1.29, 1.82) is 0 Å². The highest BCUT2D eigenvalue weighted by atomic mass is 32.1. The number of hydrogen-bond acceptors (Lipinski definition) is 5. The van der Waals surface area contributed by atoms with Crippen LogP contribution in [-0.2, 0) is 11.3 Å². The van der Waals surface area contributed by atoms with Gasteiger partial charge in [0.25, 0.3) is 0 Å². The summed E-state index contributed by atoms with van der Waals surface area (Å²) in [6.07, 6.45) is 0.396. The van der Waals surface area contributed by atoms with Gasteiger partial charge in [0.2, 0.25) is 0 Å². The highest BCUT2D eigenvalue weighted by molar-refractivity contribution is 7.09. The van der Waals surface area contributed by atoms with Crippen LogP contribution in [0.25, 0.3) is 0 Å². The molecule has 1 aromatic heterocycles. The van der Waals surface area contributed by atoms with Crippen LogP contribution in [0.15, 0.2) is 5.38 Å². The van der Waals surface area contributed by atoms with Crippen molar-refractivity contribution in [3.8, 4) is 0 Å². The second-order valence-electron chi connectivity index (χ2n) is 4.09. The van der Waals surface area contributed by atoms with Crippen molar-refractivity contribution >= 4 is 11.3 Å². The first-order valence-corrected chi connectivity index (χ1v) is 6.60. The molecule has 1 fully saturated rings. The van der Waals surface area contributed by atoms with Crippen LogP contribution < -0.4 is 5.32 Å². The van der Waals surface area contributed by atoms with E-state index in [9.17, 15) is 0 Å². The third-order valence-corrected chi connectivity index (χ3v) is 3.78. The number of aryl methyl sites for hydroxylation is 1. The quantitative estimate of drug-likeness (QED) is 0.860. The molecule has 1 aromatic rings. The average Bonchev–Trinajstić information content (AvgIpc) is 2.73. The molecule has 90 valence electrons. The molecular formula is C11H19N3OS. The number of ether oxygens (including phenoxy) is 1. The zero-order valence-electron chi connectivity index (χ0n) is 9.90. The predicted molar refractivity (Wildman–Crippen MR) is 65.5 cm³/mol. The molecule has 1 N–H and O–H groups in total. The molecule has 0 radical (unpaired) electrons. The zero-order valence-corrected chi connectivity index (χ0v) is 10.7. The minimum absolute atomic E-state index is 0.396. The van der Waals surface area contributed by atoms with E-state index in [1.54, 1.807) is 11.3 Å². The van der Waals surface area contributed by atoms with E-state index in [1.807, 2.05) is 6.92 Å². The molecule has 0 spiro atoms. The van der Waals surface area contributed by atoms with Crippen LogP contribution in [-0.4, -0.2) is 42.4 Å². The number of nitrogens with zero attached hydrogens (tertiary/aromatic N) is 2. The first kappa shape index (κ1) is 12.0. The fourth-order valence-corrected chi connectivity index (χ4v) is 2.54. The van der Waals surface area contributed by atoms with Crippen LogP contribution in [0.4, 0.5) is 0 Å². The number of nitrogens with one attached hydrogen (secondary N) is 1. The van der Waals surface area contributed by atoms with Gasteiger partial charge in [-0.2, -0.15) is 0 Å². The summed E-state index contributed by atoms with van der Waals surface area (Å²) < 4.78 is 5.34. The standard InChI is InChI=1S/C11H19N3OS/c1-9-8-16-11(13-9)7-12-10(2)14-3-5-15-6-4-14/h8,10,12H,3-7H2,1-2H3. The monoisotopic (exact) mass is 241 g/mol. The second-order valence-corrected chi connectivity index (χ2v) is 5.03. The van der Waals surface area contributed by atoms with Crippen LogP contribution in [0.5, 0.6) is 0 Å². The molecule has 16 heavy (non-hydrogen) atoms. The van der Waals surface area contributed by atoms with Gasteiger partial charge in [0, 0.05) is 30.7 Å². The van der Waals surface area contributed by atoms with E-state index in [0.29, 0.717) is 6.17 Å². The predicted octanol–water partition coefficient (Wildman–Crippen LogP) is 1.22. The summed E-state index contributed by atoms with van der Waals surface area (Å²) in [5.74, 6) is 0. The van der Waals surface area contributed by atoms with E-state index >= 15 is 0 Å². The van der Waals surface area contributed by atoms with Crippen LogP contribution >= 0.6 is 11.3 Å². The Bertz CT molecular complexity index is 323. The Morgan fingerprint density at radius 2 is 2.31 bits per heavy atom. The van der Waals surface area contributed by atoms with Gasteiger partial charge in [-0.05, 0) is 13.8 Å². The largest absolute Gasteiger partial charge is 0.379 e. The zero-order chi connectivity index (χ0) is 11.4. The van der Waals surface area contributed by atoms with Crippen molar-refractivity contribution in [2.24, 2.45) is 0 Å². The van der Waals surface area contributed by atoms with Crippen LogP contribution in [0, 0.1) is 6.92 Å². The smallest absolute Gasteiger partial charge is 0.107 e. The maximum Gasteiger partial charge on any atom is 0.107 e. The van der Waals surface area contributed by atoms with Crippen molar-refractivity contribution < 1.29 is 4.74 Å². The summed E-state index contributed by atoms with van der Waals surface area (Å²) in [6, 6.07) is 0. The lowest BCUT2D eigenvalue weighted by atomic mass is 10.3. The highest BCUT2D eigenvalue weighted by Crippen LogP contribution is 2.09. The van der Waals surface area contributed by atoms with Crippen molar-refractivity contribution in [2.75, 3.05) is 26.3 Å². The molecule has 2 heterocycles. The van der Waals surface area contributed by atoms with E-state index in [-0.39, 0.29) is 0 Å². The molecule has 5 heteroatoms. The van der Waals surface area contributed by atoms with Crippen molar-refractivity contribution in [2.45, 2.75) is 26.6 Å². The normalized spacial score (nSPS) is 19.9. The van der Waals surface area contributed by atoms with Gasteiger partial charge in [0.05, 0.1) is 19.4 Å². The van der Waals surface area contributed by atoms with Gasteiger partial charge < -0.3 is 4.74 Å². The molecular weight excluding hydrogens is 222 g/mol. The number of rotatable bonds is 4. The van der Waals surface area contributed by atoms with E-state index in [1.165, 1.54) is 0 Å². The van der Waals surface area contributed by atoms with Gasteiger partial charge in [0.1, 0.15) is 5.01 Å². The van der Waals surface area contributed by atoms with Gasteiger partial charge >= 0.3 is 0 Å². The molecule has 1 aliphatic rings. The van der Waals surface area contributed by atoms with Crippen LogP contribution in [0.2, 0.25) is 0 Å². The average molecular weight is 241 g/mol. The van der Waals surface area contributed by atoms with E-state index in [2.05, 4.69) is 27.5 Å². The van der Waals surface area contributed by atoms with Gasteiger partial charge in [-0.1, -0.05) is 0 Å². The minimum atomic E-state index is 0.396. The molecule has 1 unspecified atom stereocenters. The first-order valence-electron chi connectivity index (χ1n) is 5.72. The summed E-state index contributed by atoms with van der Waals surface area (Å²) in [5.41, 5.74) is 1.11. The molecule has 1 atom stereocenters. The van der Waals surface area contributed by atoms with Crippen molar-refractivity contribution in [3.63, 3.8) is 0 Å². The third kappa shape index (κ3) is 3.25. The van der Waals surface area contributed by atoms with E-state index in [0.717, 1.165) is 43.5 Å². The number of hydrogen-bond donors (Lipinski definition) is 1. The van der Waals surface area contributed by atoms with Crippen LogP contribution in [0.1, 0.15) is 17.6 Å². The van der Waals surface area contributed by atoms with Gasteiger partial charge in [-0.15, -0.1) is 11.3 Å². The molecule has 0 amide bonds. The summed E-state index contributed by atoms with van der Waals surface area (Å²) in [5, 5.41) is 6.76. The maximum absolute atomic E-state index is 5.34. The molecule has 0 aliphatic carbocycles. The fraction of sp³-hybridized carbons (Fsp3) is 0.727. The first-order chi connectivity index (χ1) is 7.75. The lowest BCUT2D eigenvalue weighted by Crippen LogP contribution is -2.48. The molecule has 2 rings (SSSR count). The number of aromatic nitrogens is 1. The number of thiazole rings is 1. The minimum Gasteiger partial charge on any atom is -0.379 e. The molecule has 0 bridgehead atoms. The second kappa shape index (κ2) is 5.72. The maximum atomic E-state index is 5.34. The summed E-state index contributed by atoms with van der Waals surface area (Å²) in [7, 11) is 0. The fourth-order valence-electron chi connectivity index (χ4n) is 1.81. The lowest BCUT2D eigenvalue weighted by molar-refractivity contribution is 0.0128. The SMILES string of the molecule is Cc1csc(CNC(C)N2CCOCC2)n1. The number of morpholine rings is 1. The molecule has 0 aromatic carbocycles. The molecule has 0 saturated carbocycles. The van der Waals surface area contributed by atoms with Crippen molar-refractivity contribution in [1.82, 2.24) is 15.2 Å². The Labute approximate surface area is 101 Å².